The Hall–Kier alpha value is -1.63. The van der Waals surface area contributed by atoms with Crippen molar-refractivity contribution in [1.29, 1.82) is 0 Å². The predicted molar refractivity (Wildman–Crippen MR) is 115 cm³/mol. The summed E-state index contributed by atoms with van der Waals surface area (Å²) in [5.41, 5.74) is -2.58. The van der Waals surface area contributed by atoms with Gasteiger partial charge in [-0.2, -0.15) is 26.3 Å². The van der Waals surface area contributed by atoms with Crippen molar-refractivity contribution in [2.75, 3.05) is 0 Å². The lowest BCUT2D eigenvalue weighted by Crippen LogP contribution is -2.59. The average Bonchev–Trinajstić information content (AvgIpc) is 3.29. The molecule has 1 aliphatic heterocycles. The van der Waals surface area contributed by atoms with Crippen LogP contribution in [0, 0.1) is 29.1 Å². The molecule has 1 aromatic carbocycles. The highest BCUT2D eigenvalue weighted by Gasteiger charge is 2.84. The minimum atomic E-state index is -5.47. The maximum absolute atomic E-state index is 15.6. The smallest absolute Gasteiger partial charge is 0.194 e. The zero-order valence-electron chi connectivity index (χ0n) is 17.6. The molecule has 6 aliphatic carbocycles. The van der Waals surface area contributed by atoms with E-state index in [0.29, 0.717) is 17.4 Å². The Morgan fingerprint density at radius 1 is 0.697 bits per heavy atom. The molecule has 0 amide bonds. The topological polar surface area (TPSA) is 0 Å². The zero-order valence-corrected chi connectivity index (χ0v) is 18.5. The van der Waals surface area contributed by atoms with E-state index in [9.17, 15) is 8.78 Å². The summed E-state index contributed by atoms with van der Waals surface area (Å²) in [5, 5.41) is 1.12. The van der Waals surface area contributed by atoms with Gasteiger partial charge in [0.2, 0.25) is 0 Å². The molecule has 7 aliphatic rings. The summed E-state index contributed by atoms with van der Waals surface area (Å²) in [7, 11) is 0. The maximum Gasteiger partial charge on any atom is 0.380 e. The van der Waals surface area contributed by atoms with Gasteiger partial charge in [0.15, 0.2) is 0 Å². The number of benzene rings is 1. The van der Waals surface area contributed by atoms with Crippen LogP contribution in [0.1, 0.15) is 37.7 Å². The molecule has 5 fully saturated rings. The fraction of sp³-hybridized carbons (Fsp3) is 0.538. The normalized spacial score (nSPS) is 42.9. The van der Waals surface area contributed by atoms with E-state index in [2.05, 4.69) is 0 Å². The van der Waals surface area contributed by atoms with Gasteiger partial charge in [0.25, 0.3) is 0 Å². The van der Waals surface area contributed by atoms with Crippen LogP contribution < -0.4 is 0 Å². The van der Waals surface area contributed by atoms with E-state index in [1.807, 2.05) is 0 Å². The molecule has 0 aromatic heterocycles. The molecule has 8 rings (SSSR count). The maximum atomic E-state index is 15.6. The summed E-state index contributed by atoms with van der Waals surface area (Å²) < 4.78 is 91.4. The van der Waals surface area contributed by atoms with Crippen LogP contribution in [0.3, 0.4) is 0 Å². The van der Waals surface area contributed by atoms with Crippen molar-refractivity contribution in [2.45, 2.75) is 55.1 Å². The van der Waals surface area contributed by atoms with Crippen molar-refractivity contribution < 1.29 is 26.3 Å². The second-order valence-corrected chi connectivity index (χ2v) is 11.7. The molecule has 1 spiro atoms. The third kappa shape index (κ3) is 2.16. The fourth-order valence-electron chi connectivity index (χ4n) is 8.52. The van der Waals surface area contributed by atoms with Crippen molar-refractivity contribution in [3.63, 3.8) is 0 Å². The summed E-state index contributed by atoms with van der Waals surface area (Å²) >= 11 is 1.36. The Labute approximate surface area is 192 Å². The molecule has 0 N–H and O–H groups in total. The first kappa shape index (κ1) is 20.7. The number of hydrogen-bond acceptors (Lipinski definition) is 1. The largest absolute Gasteiger partial charge is 0.380 e. The molecule has 1 atom stereocenters. The minimum Gasteiger partial charge on any atom is -0.194 e. The molecule has 0 nitrogen and oxygen atoms in total. The first-order valence-electron chi connectivity index (χ1n) is 11.6. The SMILES string of the molecule is FC1(F)C2=C3C=CS[C@H]3C3(C(c4ccccc4)=C2C(F)(F)C1(F)F)C1CC2CC(C1)CC3C2. The second-order valence-electron chi connectivity index (χ2n) is 10.7. The summed E-state index contributed by atoms with van der Waals surface area (Å²) in [6.07, 6.45) is 5.97. The number of allylic oxidation sites excluding steroid dienone is 4. The molecule has 0 unspecified atom stereocenters. The number of rotatable bonds is 1. The minimum absolute atomic E-state index is 0.00371. The van der Waals surface area contributed by atoms with Crippen LogP contribution in [0.4, 0.5) is 26.3 Å². The number of thioether (sulfide) groups is 1. The van der Waals surface area contributed by atoms with E-state index in [-0.39, 0.29) is 23.0 Å². The number of fused-ring (bicyclic) bond motifs is 2. The molecule has 174 valence electrons. The van der Waals surface area contributed by atoms with Crippen LogP contribution >= 0.6 is 11.8 Å². The van der Waals surface area contributed by atoms with Gasteiger partial charge in [-0.05, 0) is 77.9 Å². The van der Waals surface area contributed by atoms with Gasteiger partial charge in [0, 0.05) is 21.8 Å². The Bertz CT molecular complexity index is 1120. The van der Waals surface area contributed by atoms with Crippen molar-refractivity contribution >= 4 is 17.3 Å². The van der Waals surface area contributed by atoms with Gasteiger partial charge < -0.3 is 0 Å². The standard InChI is InChI=1S/C26H22F6S/c27-24(28)20-18-6-7-33-22(18)23(16-9-13-8-14(11-16)12-17(23)10-13)19(15-4-2-1-3-5-15)21(20)25(29,30)26(24,31)32/h1-7,13-14,16-17,22H,8-12H2/t13?,14?,16?,17?,22-,23?/m1/s1. The molecule has 1 aromatic rings. The monoisotopic (exact) mass is 480 g/mol. The van der Waals surface area contributed by atoms with E-state index >= 15 is 17.6 Å². The highest BCUT2D eigenvalue weighted by atomic mass is 32.2. The average molecular weight is 481 g/mol. The third-order valence-electron chi connectivity index (χ3n) is 9.37. The number of alkyl halides is 6. The lowest BCUT2D eigenvalue weighted by atomic mass is 9.40. The third-order valence-corrected chi connectivity index (χ3v) is 10.6. The Balaban J connectivity index is 1.63. The lowest BCUT2D eigenvalue weighted by molar-refractivity contribution is -0.257. The molecule has 4 bridgehead atoms. The summed E-state index contributed by atoms with van der Waals surface area (Å²) in [6, 6.07) is 8.35. The highest BCUT2D eigenvalue weighted by molar-refractivity contribution is 8.03. The highest BCUT2D eigenvalue weighted by Crippen LogP contribution is 2.77. The van der Waals surface area contributed by atoms with E-state index in [1.54, 1.807) is 35.7 Å². The second kappa shape index (κ2) is 6.13. The van der Waals surface area contributed by atoms with Crippen molar-refractivity contribution in [2.24, 2.45) is 29.1 Å². The number of hydrogen-bond donors (Lipinski definition) is 0. The van der Waals surface area contributed by atoms with Gasteiger partial charge in [-0.25, -0.2) is 0 Å². The molecule has 7 heteroatoms. The van der Waals surface area contributed by atoms with Gasteiger partial charge >= 0.3 is 17.8 Å². The van der Waals surface area contributed by atoms with Crippen LogP contribution in [-0.4, -0.2) is 23.0 Å². The molecule has 5 saturated carbocycles. The van der Waals surface area contributed by atoms with Crippen LogP contribution in [0.15, 0.2) is 58.5 Å². The van der Waals surface area contributed by atoms with Crippen LogP contribution in [-0.2, 0) is 0 Å². The quantitative estimate of drug-likeness (QED) is 0.371. The first-order valence-corrected chi connectivity index (χ1v) is 12.6. The van der Waals surface area contributed by atoms with Crippen molar-refractivity contribution in [1.82, 2.24) is 0 Å². The molecular formula is C26H22F6S. The Morgan fingerprint density at radius 2 is 1.27 bits per heavy atom. The lowest BCUT2D eigenvalue weighted by Gasteiger charge is -2.65. The van der Waals surface area contributed by atoms with E-state index in [0.717, 1.165) is 32.1 Å². The van der Waals surface area contributed by atoms with Gasteiger partial charge in [-0.3, -0.25) is 0 Å². The molecule has 1 heterocycles. The predicted octanol–water partition coefficient (Wildman–Crippen LogP) is 7.74. The summed E-state index contributed by atoms with van der Waals surface area (Å²) in [4.78, 5) is 0. The fourth-order valence-corrected chi connectivity index (χ4v) is 9.97. The molecule has 33 heavy (non-hydrogen) atoms. The van der Waals surface area contributed by atoms with E-state index < -0.39 is 39.6 Å². The van der Waals surface area contributed by atoms with E-state index in [1.165, 1.54) is 17.8 Å². The van der Waals surface area contributed by atoms with Gasteiger partial charge in [-0.1, -0.05) is 36.4 Å². The zero-order chi connectivity index (χ0) is 23.0. The Morgan fingerprint density at radius 3 is 1.88 bits per heavy atom. The summed E-state index contributed by atoms with van der Waals surface area (Å²) in [5.74, 6) is -14.3. The van der Waals surface area contributed by atoms with Gasteiger partial charge in [-0.15, -0.1) is 11.8 Å². The van der Waals surface area contributed by atoms with E-state index in [4.69, 9.17) is 0 Å². The van der Waals surface area contributed by atoms with Crippen LogP contribution in [0.5, 0.6) is 0 Å². The van der Waals surface area contributed by atoms with Gasteiger partial charge in [0.1, 0.15) is 0 Å². The van der Waals surface area contributed by atoms with Crippen molar-refractivity contribution in [3.05, 3.63) is 64.1 Å². The summed E-state index contributed by atoms with van der Waals surface area (Å²) in [6.45, 7) is 0. The van der Waals surface area contributed by atoms with Crippen LogP contribution in [0.2, 0.25) is 0 Å². The molecule has 0 radical (unpaired) electrons. The van der Waals surface area contributed by atoms with Crippen LogP contribution in [0.25, 0.3) is 5.57 Å². The first-order chi connectivity index (χ1) is 15.6. The van der Waals surface area contributed by atoms with Crippen molar-refractivity contribution in [3.8, 4) is 0 Å². The Kier molecular flexibility index (Phi) is 3.85. The molecule has 0 saturated heterocycles. The number of halogens is 6. The van der Waals surface area contributed by atoms with Gasteiger partial charge in [0.05, 0.1) is 0 Å². The molecular weight excluding hydrogens is 458 g/mol.